The largest absolute Gasteiger partial charge is 0.395 e. The minimum Gasteiger partial charge on any atom is -0.395 e. The second kappa shape index (κ2) is 6.25. The lowest BCUT2D eigenvalue weighted by molar-refractivity contribution is 0.0500. The summed E-state index contributed by atoms with van der Waals surface area (Å²) in [4.78, 5) is 2.13. The third-order valence-corrected chi connectivity index (χ3v) is 4.35. The topological polar surface area (TPSA) is 23.5 Å². The quantitative estimate of drug-likeness (QED) is 0.921. The second-order valence-corrected chi connectivity index (χ2v) is 5.62. The fourth-order valence-electron chi connectivity index (χ4n) is 2.99. The fraction of sp³-hybridized carbons (Fsp3) is 0.571. The number of hydrogen-bond donors (Lipinski definition) is 1. The average molecular weight is 290 g/mol. The van der Waals surface area contributed by atoms with E-state index in [1.54, 1.807) is 0 Å². The highest BCUT2D eigenvalue weighted by molar-refractivity contribution is 6.30. The van der Waals surface area contributed by atoms with Gasteiger partial charge < -0.3 is 10.0 Å². The van der Waals surface area contributed by atoms with Gasteiger partial charge in [-0.05, 0) is 44.6 Å². The Bertz CT molecular complexity index is 374. The van der Waals surface area contributed by atoms with E-state index >= 15 is 0 Å². The zero-order chi connectivity index (χ0) is 12.5. The monoisotopic (exact) mass is 289 g/mol. The van der Waals surface area contributed by atoms with Gasteiger partial charge in [0.2, 0.25) is 0 Å². The van der Waals surface area contributed by atoms with Gasteiger partial charge in [-0.25, -0.2) is 0 Å². The molecule has 1 saturated carbocycles. The highest BCUT2D eigenvalue weighted by atomic mass is 35.5. The van der Waals surface area contributed by atoms with Crippen LogP contribution in [0.5, 0.6) is 0 Å². The number of aliphatic hydroxyl groups excluding tert-OH is 1. The molecule has 2 nitrogen and oxygen atoms in total. The molecule has 1 aliphatic rings. The molecule has 102 valence electrons. The smallest absolute Gasteiger partial charge is 0.0595 e. The van der Waals surface area contributed by atoms with Crippen LogP contribution in [0.3, 0.4) is 0 Å². The summed E-state index contributed by atoms with van der Waals surface area (Å²) in [5.41, 5.74) is 1.42. The molecule has 1 atom stereocenters. The first kappa shape index (κ1) is 15.8. The minimum absolute atomic E-state index is 0. The minimum atomic E-state index is 0. The maximum absolute atomic E-state index is 9.65. The third kappa shape index (κ3) is 2.67. The molecule has 4 heteroatoms. The molecule has 1 fully saturated rings. The molecule has 0 spiro atoms. The summed E-state index contributed by atoms with van der Waals surface area (Å²) in [7, 11) is 4.08. The highest BCUT2D eigenvalue weighted by Crippen LogP contribution is 2.47. The maximum atomic E-state index is 9.65. The first-order valence-electron chi connectivity index (χ1n) is 6.13. The molecule has 0 heterocycles. The Morgan fingerprint density at radius 1 is 1.28 bits per heavy atom. The lowest BCUT2D eigenvalue weighted by atomic mass is 9.60. The Morgan fingerprint density at radius 2 is 1.83 bits per heavy atom. The molecular weight excluding hydrogens is 269 g/mol. The van der Waals surface area contributed by atoms with Crippen LogP contribution in [0, 0.1) is 0 Å². The van der Waals surface area contributed by atoms with Gasteiger partial charge in [-0.3, -0.25) is 0 Å². The van der Waals surface area contributed by atoms with Crippen molar-refractivity contribution in [2.45, 2.75) is 30.7 Å². The van der Waals surface area contributed by atoms with E-state index in [1.807, 2.05) is 26.2 Å². The van der Waals surface area contributed by atoms with E-state index in [1.165, 1.54) is 12.0 Å². The third-order valence-electron chi connectivity index (χ3n) is 4.10. The first-order valence-corrected chi connectivity index (χ1v) is 6.51. The number of rotatable bonds is 4. The normalized spacial score (nSPS) is 18.9. The van der Waals surface area contributed by atoms with E-state index in [4.69, 9.17) is 11.6 Å². The predicted molar refractivity (Wildman–Crippen MR) is 78.8 cm³/mol. The number of hydrogen-bond acceptors (Lipinski definition) is 2. The van der Waals surface area contributed by atoms with Gasteiger partial charge in [0, 0.05) is 16.5 Å². The second-order valence-electron chi connectivity index (χ2n) is 5.18. The summed E-state index contributed by atoms with van der Waals surface area (Å²) in [6.07, 6.45) is 3.54. The molecule has 0 bridgehead atoms. The zero-order valence-electron chi connectivity index (χ0n) is 10.9. The van der Waals surface area contributed by atoms with Crippen LogP contribution >= 0.6 is 24.0 Å². The molecule has 2 rings (SSSR count). The predicted octanol–water partition coefficient (Wildman–Crippen LogP) is 3.11. The molecule has 1 unspecified atom stereocenters. The van der Waals surface area contributed by atoms with Gasteiger partial charge in [-0.2, -0.15) is 0 Å². The molecule has 0 amide bonds. The lowest BCUT2D eigenvalue weighted by Gasteiger charge is -2.50. The van der Waals surface area contributed by atoms with Crippen molar-refractivity contribution in [2.24, 2.45) is 0 Å². The Hall–Kier alpha value is -0.280. The molecule has 0 saturated heterocycles. The first-order chi connectivity index (χ1) is 8.10. The van der Waals surface area contributed by atoms with Gasteiger partial charge in [0.05, 0.1) is 6.61 Å². The van der Waals surface area contributed by atoms with Gasteiger partial charge in [0.15, 0.2) is 0 Å². The molecule has 1 N–H and O–H groups in total. The Labute approximate surface area is 120 Å². The lowest BCUT2D eigenvalue weighted by Crippen LogP contribution is -2.54. The highest BCUT2D eigenvalue weighted by Gasteiger charge is 2.45. The van der Waals surface area contributed by atoms with Crippen molar-refractivity contribution in [3.63, 3.8) is 0 Å². The van der Waals surface area contributed by atoms with E-state index in [0.717, 1.165) is 17.9 Å². The van der Waals surface area contributed by atoms with E-state index in [-0.39, 0.29) is 30.5 Å². The van der Waals surface area contributed by atoms with Crippen molar-refractivity contribution in [1.29, 1.82) is 0 Å². The van der Waals surface area contributed by atoms with Gasteiger partial charge in [0.25, 0.3) is 0 Å². The summed E-state index contributed by atoms with van der Waals surface area (Å²) in [6.45, 7) is 0.204. The van der Waals surface area contributed by atoms with Gasteiger partial charge in [0.1, 0.15) is 0 Å². The van der Waals surface area contributed by atoms with E-state index < -0.39 is 0 Å². The van der Waals surface area contributed by atoms with Crippen LogP contribution < -0.4 is 0 Å². The van der Waals surface area contributed by atoms with Crippen molar-refractivity contribution in [3.8, 4) is 0 Å². The summed E-state index contributed by atoms with van der Waals surface area (Å²) in [6, 6.07) is 8.29. The van der Waals surface area contributed by atoms with E-state index in [2.05, 4.69) is 17.0 Å². The number of likely N-dealkylation sites (N-methyl/N-ethyl adjacent to an activating group) is 1. The summed E-state index contributed by atoms with van der Waals surface area (Å²) in [5.74, 6) is 0. The van der Waals surface area contributed by atoms with Crippen LogP contribution in [-0.2, 0) is 5.41 Å². The van der Waals surface area contributed by atoms with Crippen molar-refractivity contribution >= 4 is 24.0 Å². The standard InChI is InChI=1S/C14H20ClNO.ClH/c1-16(2)13(10-17)14(8-3-9-14)11-4-6-12(15)7-5-11;/h4-7,13,17H,3,8-10H2,1-2H3;1H. The van der Waals surface area contributed by atoms with Crippen molar-refractivity contribution in [2.75, 3.05) is 20.7 Å². The maximum Gasteiger partial charge on any atom is 0.0595 e. The summed E-state index contributed by atoms with van der Waals surface area (Å²) >= 11 is 5.94. The number of nitrogens with zero attached hydrogens (tertiary/aromatic N) is 1. The van der Waals surface area contributed by atoms with E-state index in [0.29, 0.717) is 0 Å². The molecule has 0 aliphatic heterocycles. The number of halogens is 2. The van der Waals surface area contributed by atoms with Crippen molar-refractivity contribution < 1.29 is 5.11 Å². The Balaban J connectivity index is 0.00000162. The number of benzene rings is 1. The molecule has 1 aromatic carbocycles. The van der Waals surface area contributed by atoms with Crippen LogP contribution in [0.25, 0.3) is 0 Å². The summed E-state index contributed by atoms with van der Waals surface area (Å²) < 4.78 is 0. The van der Waals surface area contributed by atoms with Crippen LogP contribution in [0.1, 0.15) is 24.8 Å². The number of aliphatic hydroxyl groups is 1. The van der Waals surface area contributed by atoms with Crippen LogP contribution in [0.15, 0.2) is 24.3 Å². The van der Waals surface area contributed by atoms with Crippen LogP contribution in [-0.4, -0.2) is 36.8 Å². The van der Waals surface area contributed by atoms with Gasteiger partial charge in [-0.1, -0.05) is 30.2 Å². The van der Waals surface area contributed by atoms with Crippen LogP contribution in [0.2, 0.25) is 5.02 Å². The molecule has 0 aromatic heterocycles. The Kier molecular flexibility index (Phi) is 5.47. The molecule has 1 aromatic rings. The Morgan fingerprint density at radius 3 is 2.17 bits per heavy atom. The van der Waals surface area contributed by atoms with E-state index in [9.17, 15) is 5.11 Å². The van der Waals surface area contributed by atoms with Crippen molar-refractivity contribution in [1.82, 2.24) is 4.90 Å². The molecule has 18 heavy (non-hydrogen) atoms. The molecule has 1 aliphatic carbocycles. The molecular formula is C14H21Cl2NO. The van der Waals surface area contributed by atoms with Gasteiger partial charge in [-0.15, -0.1) is 12.4 Å². The SMILES string of the molecule is CN(C)C(CO)C1(c2ccc(Cl)cc2)CCC1.Cl. The average Bonchev–Trinajstić information content (AvgIpc) is 2.24. The summed E-state index contributed by atoms with van der Waals surface area (Å²) in [5, 5.41) is 10.4. The van der Waals surface area contributed by atoms with Crippen LogP contribution in [0.4, 0.5) is 0 Å². The molecule has 0 radical (unpaired) electrons. The van der Waals surface area contributed by atoms with Gasteiger partial charge >= 0.3 is 0 Å². The fourth-order valence-corrected chi connectivity index (χ4v) is 3.11. The van der Waals surface area contributed by atoms with Crippen molar-refractivity contribution in [3.05, 3.63) is 34.9 Å². The zero-order valence-corrected chi connectivity index (χ0v) is 12.5.